The van der Waals surface area contributed by atoms with Crippen molar-refractivity contribution in [3.05, 3.63) is 17.7 Å². The minimum absolute atomic E-state index is 0.0770. The van der Waals surface area contributed by atoms with Crippen LogP contribution in [0.1, 0.15) is 51.9 Å². The maximum Gasteiger partial charge on any atom is 0.240 e. The number of rotatable bonds is 3. The van der Waals surface area contributed by atoms with Gasteiger partial charge >= 0.3 is 0 Å². The van der Waals surface area contributed by atoms with E-state index in [-0.39, 0.29) is 17.4 Å². The summed E-state index contributed by atoms with van der Waals surface area (Å²) in [5, 5.41) is 3.08. The van der Waals surface area contributed by atoms with Gasteiger partial charge in [-0.2, -0.15) is 0 Å². The predicted octanol–water partition coefficient (Wildman–Crippen LogP) is 2.31. The van der Waals surface area contributed by atoms with Crippen molar-refractivity contribution in [1.29, 1.82) is 0 Å². The molecule has 1 aromatic rings. The number of aryl methyl sites for hydroxylation is 1. The van der Waals surface area contributed by atoms with E-state index in [0.29, 0.717) is 6.54 Å². The number of nitrogens with one attached hydrogen (secondary N) is 1. The number of carbonyl (C=O) groups is 1. The minimum atomic E-state index is 0.0770. The smallest absolute Gasteiger partial charge is 0.240 e. The summed E-state index contributed by atoms with van der Waals surface area (Å²) in [6.07, 6.45) is 6.35. The van der Waals surface area contributed by atoms with Crippen molar-refractivity contribution in [3.8, 4) is 0 Å². The molecule has 4 heteroatoms. The highest BCUT2D eigenvalue weighted by atomic mass is 16.2. The van der Waals surface area contributed by atoms with Gasteiger partial charge < -0.3 is 9.88 Å². The highest BCUT2D eigenvalue weighted by Gasteiger charge is 2.22. The van der Waals surface area contributed by atoms with Crippen molar-refractivity contribution in [2.45, 2.75) is 66.0 Å². The van der Waals surface area contributed by atoms with Crippen LogP contribution >= 0.6 is 0 Å². The van der Waals surface area contributed by atoms with Crippen molar-refractivity contribution < 1.29 is 4.79 Å². The lowest BCUT2D eigenvalue weighted by atomic mass is 9.88. The molecule has 1 heterocycles. The lowest BCUT2D eigenvalue weighted by Gasteiger charge is -2.28. The van der Waals surface area contributed by atoms with E-state index in [1.807, 2.05) is 10.9 Å². The Bertz CT molecular complexity index is 456. The van der Waals surface area contributed by atoms with Gasteiger partial charge in [-0.1, -0.05) is 20.8 Å². The molecule has 106 valence electrons. The van der Waals surface area contributed by atoms with Gasteiger partial charge in [0.1, 0.15) is 6.54 Å². The van der Waals surface area contributed by atoms with Gasteiger partial charge in [0.15, 0.2) is 0 Å². The second kappa shape index (κ2) is 5.35. The van der Waals surface area contributed by atoms with Crippen LogP contribution in [0.2, 0.25) is 0 Å². The van der Waals surface area contributed by atoms with Crippen LogP contribution in [0, 0.1) is 5.41 Å². The summed E-state index contributed by atoms with van der Waals surface area (Å²) in [5.41, 5.74) is 2.53. The van der Waals surface area contributed by atoms with Crippen LogP contribution in [-0.2, 0) is 24.2 Å². The molecule has 0 fully saturated rings. The van der Waals surface area contributed by atoms with Crippen LogP contribution in [-0.4, -0.2) is 21.5 Å². The first-order valence-electron chi connectivity index (χ1n) is 7.20. The van der Waals surface area contributed by atoms with Gasteiger partial charge in [-0.15, -0.1) is 0 Å². The molecule has 0 unspecified atom stereocenters. The van der Waals surface area contributed by atoms with Gasteiger partial charge in [0, 0.05) is 11.7 Å². The molecule has 0 aromatic carbocycles. The molecule has 1 aliphatic rings. The second-order valence-corrected chi connectivity index (χ2v) is 6.63. The third-order valence-electron chi connectivity index (χ3n) is 4.10. The summed E-state index contributed by atoms with van der Waals surface area (Å²) in [4.78, 5) is 16.5. The summed E-state index contributed by atoms with van der Waals surface area (Å²) in [6.45, 7) is 8.86. The van der Waals surface area contributed by atoms with Crippen LogP contribution in [0.3, 0.4) is 0 Å². The number of fused-ring (bicyclic) bond motifs is 1. The normalized spacial score (nSPS) is 16.8. The summed E-state index contributed by atoms with van der Waals surface area (Å²) >= 11 is 0. The quantitative estimate of drug-likeness (QED) is 0.909. The number of hydrogen-bond donors (Lipinski definition) is 1. The summed E-state index contributed by atoms with van der Waals surface area (Å²) in [7, 11) is 0. The van der Waals surface area contributed by atoms with Crippen molar-refractivity contribution >= 4 is 5.91 Å². The third-order valence-corrected chi connectivity index (χ3v) is 4.10. The van der Waals surface area contributed by atoms with E-state index in [9.17, 15) is 4.79 Å². The molecule has 0 bridgehead atoms. The van der Waals surface area contributed by atoms with Gasteiger partial charge in [-0.05, 0) is 38.0 Å². The largest absolute Gasteiger partial charge is 0.352 e. The molecule has 4 nitrogen and oxygen atoms in total. The fraction of sp³-hybridized carbons (Fsp3) is 0.733. The fourth-order valence-electron chi connectivity index (χ4n) is 2.33. The van der Waals surface area contributed by atoms with E-state index in [1.54, 1.807) is 0 Å². The van der Waals surface area contributed by atoms with E-state index in [2.05, 4.69) is 38.0 Å². The molecule has 1 atom stereocenters. The van der Waals surface area contributed by atoms with E-state index in [4.69, 9.17) is 0 Å². The first-order valence-corrected chi connectivity index (χ1v) is 7.20. The van der Waals surface area contributed by atoms with E-state index < -0.39 is 0 Å². The average Bonchev–Trinajstić information content (AvgIpc) is 2.71. The standard InChI is InChI=1S/C15H25N3O/c1-11(15(2,3)4)17-14(19)9-18-10-16-12-7-5-6-8-13(12)18/h10-11H,5-9H2,1-4H3,(H,17,19)/t11-/m0/s1. The summed E-state index contributed by atoms with van der Waals surface area (Å²) < 4.78 is 2.01. The summed E-state index contributed by atoms with van der Waals surface area (Å²) in [6, 6.07) is 0.166. The minimum Gasteiger partial charge on any atom is -0.352 e. The first-order chi connectivity index (χ1) is 8.88. The molecule has 19 heavy (non-hydrogen) atoms. The lowest BCUT2D eigenvalue weighted by molar-refractivity contribution is -0.123. The molecule has 2 rings (SSSR count). The molecule has 1 aliphatic carbocycles. The van der Waals surface area contributed by atoms with Gasteiger partial charge in [0.2, 0.25) is 5.91 Å². The molecule has 0 radical (unpaired) electrons. The van der Waals surface area contributed by atoms with Crippen LogP contribution in [0.15, 0.2) is 6.33 Å². The zero-order valence-electron chi connectivity index (χ0n) is 12.5. The Labute approximate surface area is 115 Å². The zero-order valence-corrected chi connectivity index (χ0v) is 12.5. The average molecular weight is 263 g/mol. The van der Waals surface area contributed by atoms with E-state index in [1.165, 1.54) is 24.2 Å². The number of aromatic nitrogens is 2. The first kappa shape index (κ1) is 14.1. The fourth-order valence-corrected chi connectivity index (χ4v) is 2.33. The van der Waals surface area contributed by atoms with Crippen molar-refractivity contribution in [2.75, 3.05) is 0 Å². The summed E-state index contributed by atoms with van der Waals surface area (Å²) in [5.74, 6) is 0.0770. The van der Waals surface area contributed by atoms with E-state index in [0.717, 1.165) is 12.8 Å². The zero-order chi connectivity index (χ0) is 14.0. The Hall–Kier alpha value is -1.32. The van der Waals surface area contributed by atoms with Gasteiger partial charge in [0.05, 0.1) is 12.0 Å². The van der Waals surface area contributed by atoms with Crippen LogP contribution < -0.4 is 5.32 Å². The van der Waals surface area contributed by atoms with Crippen molar-refractivity contribution in [1.82, 2.24) is 14.9 Å². The van der Waals surface area contributed by atoms with Crippen LogP contribution in [0.25, 0.3) is 0 Å². The Morgan fingerprint density at radius 2 is 2.11 bits per heavy atom. The topological polar surface area (TPSA) is 46.9 Å². The highest BCUT2D eigenvalue weighted by molar-refractivity contribution is 5.76. The Balaban J connectivity index is 1.98. The Morgan fingerprint density at radius 3 is 2.79 bits per heavy atom. The molecule has 1 aromatic heterocycles. The number of nitrogens with zero attached hydrogens (tertiary/aromatic N) is 2. The molecular weight excluding hydrogens is 238 g/mol. The highest BCUT2D eigenvalue weighted by Crippen LogP contribution is 2.20. The number of hydrogen-bond acceptors (Lipinski definition) is 2. The van der Waals surface area contributed by atoms with Crippen LogP contribution in [0.5, 0.6) is 0 Å². The molecule has 0 spiro atoms. The van der Waals surface area contributed by atoms with Gasteiger partial charge in [-0.25, -0.2) is 4.98 Å². The molecule has 1 amide bonds. The predicted molar refractivity (Wildman–Crippen MR) is 75.9 cm³/mol. The second-order valence-electron chi connectivity index (χ2n) is 6.63. The maximum atomic E-state index is 12.1. The molecule has 0 saturated heterocycles. The lowest BCUT2D eigenvalue weighted by Crippen LogP contribution is -2.42. The number of amides is 1. The third kappa shape index (κ3) is 3.37. The van der Waals surface area contributed by atoms with Crippen molar-refractivity contribution in [3.63, 3.8) is 0 Å². The Morgan fingerprint density at radius 1 is 1.42 bits per heavy atom. The molecule has 0 saturated carbocycles. The molecular formula is C15H25N3O. The monoisotopic (exact) mass is 263 g/mol. The number of carbonyl (C=O) groups excluding carboxylic acids is 1. The van der Waals surface area contributed by atoms with Gasteiger partial charge in [0.25, 0.3) is 0 Å². The maximum absolute atomic E-state index is 12.1. The molecule has 1 N–H and O–H groups in total. The molecule has 0 aliphatic heterocycles. The SMILES string of the molecule is C[C@H](NC(=O)Cn1cnc2c1CCCC2)C(C)(C)C. The van der Waals surface area contributed by atoms with Crippen molar-refractivity contribution in [2.24, 2.45) is 5.41 Å². The number of imidazole rings is 1. The van der Waals surface area contributed by atoms with Crippen LogP contribution in [0.4, 0.5) is 0 Å². The Kier molecular flexibility index (Phi) is 3.97. The van der Waals surface area contributed by atoms with E-state index >= 15 is 0 Å². The van der Waals surface area contributed by atoms with Gasteiger partial charge in [-0.3, -0.25) is 4.79 Å².